The van der Waals surface area contributed by atoms with Crippen molar-refractivity contribution in [1.82, 2.24) is 40.8 Å². The molecule has 4 aromatic rings. The monoisotopic (exact) mass is 412 g/mol. The zero-order valence-corrected chi connectivity index (χ0v) is 15.2. The van der Waals surface area contributed by atoms with Crippen LogP contribution in [0.25, 0.3) is 22.3 Å². The first-order valence-electron chi connectivity index (χ1n) is 8.66. The standard InChI is InChI=1S/C18H14F2N8O2/c19-15(20)18(30)26-25-17(29)11-1-2-13(22-6-11)8-28-9-14(24-27-28)12-5-10-3-4-21-16(10)23-7-12/h1-7,9,15H,8H2,(H,21,23)(H,25,29)(H,26,30). The Morgan fingerprint density at radius 2 is 2.00 bits per heavy atom. The molecule has 3 N–H and O–H groups in total. The summed E-state index contributed by atoms with van der Waals surface area (Å²) < 4.78 is 25.8. The Morgan fingerprint density at radius 1 is 1.13 bits per heavy atom. The molecule has 152 valence electrons. The van der Waals surface area contributed by atoms with Gasteiger partial charge in [0, 0.05) is 29.5 Å². The molecule has 0 saturated carbocycles. The van der Waals surface area contributed by atoms with E-state index < -0.39 is 18.2 Å². The van der Waals surface area contributed by atoms with E-state index in [4.69, 9.17) is 0 Å². The minimum atomic E-state index is -3.22. The highest BCUT2D eigenvalue weighted by molar-refractivity contribution is 5.95. The number of hydrogen-bond acceptors (Lipinski definition) is 6. The minimum absolute atomic E-state index is 0.0958. The summed E-state index contributed by atoms with van der Waals surface area (Å²) in [6.45, 7) is 0.302. The van der Waals surface area contributed by atoms with E-state index in [-0.39, 0.29) is 5.56 Å². The summed E-state index contributed by atoms with van der Waals surface area (Å²) in [4.78, 5) is 34.1. The van der Waals surface area contributed by atoms with Crippen molar-refractivity contribution in [2.75, 3.05) is 0 Å². The summed E-state index contributed by atoms with van der Waals surface area (Å²) in [5.74, 6) is -2.36. The Hall–Kier alpha value is -4.22. The summed E-state index contributed by atoms with van der Waals surface area (Å²) in [7, 11) is 0. The van der Waals surface area contributed by atoms with Crippen molar-refractivity contribution in [3.8, 4) is 11.3 Å². The molecular weight excluding hydrogens is 398 g/mol. The molecule has 0 aliphatic rings. The number of nitrogens with one attached hydrogen (secondary N) is 3. The maximum atomic E-state index is 12.1. The number of hydrogen-bond donors (Lipinski definition) is 3. The number of halogens is 2. The molecule has 4 aromatic heterocycles. The first kappa shape index (κ1) is 19.1. The van der Waals surface area contributed by atoms with Crippen LogP contribution in [-0.4, -0.2) is 48.2 Å². The van der Waals surface area contributed by atoms with E-state index in [0.717, 1.165) is 16.6 Å². The fourth-order valence-electron chi connectivity index (χ4n) is 2.65. The number of carbonyl (C=O) groups excluding carboxylic acids is 2. The van der Waals surface area contributed by atoms with Gasteiger partial charge in [-0.05, 0) is 24.3 Å². The molecule has 2 amide bonds. The molecule has 10 nitrogen and oxygen atoms in total. The van der Waals surface area contributed by atoms with Crippen LogP contribution in [0.4, 0.5) is 8.78 Å². The van der Waals surface area contributed by atoms with E-state index in [1.165, 1.54) is 12.3 Å². The number of aromatic amines is 1. The van der Waals surface area contributed by atoms with E-state index >= 15 is 0 Å². The molecule has 0 radical (unpaired) electrons. The Kier molecular flexibility index (Phi) is 5.11. The topological polar surface area (TPSA) is 130 Å². The van der Waals surface area contributed by atoms with Crippen molar-refractivity contribution in [3.05, 3.63) is 60.3 Å². The van der Waals surface area contributed by atoms with Crippen molar-refractivity contribution >= 4 is 22.8 Å². The molecule has 0 fully saturated rings. The van der Waals surface area contributed by atoms with Gasteiger partial charge in [0.15, 0.2) is 0 Å². The van der Waals surface area contributed by atoms with Crippen LogP contribution in [0, 0.1) is 0 Å². The van der Waals surface area contributed by atoms with Crippen LogP contribution in [0.2, 0.25) is 0 Å². The number of rotatable bonds is 5. The van der Waals surface area contributed by atoms with Crippen molar-refractivity contribution in [1.29, 1.82) is 0 Å². The van der Waals surface area contributed by atoms with Crippen LogP contribution < -0.4 is 10.9 Å². The average molecular weight is 412 g/mol. The Morgan fingerprint density at radius 3 is 2.77 bits per heavy atom. The number of fused-ring (bicyclic) bond motifs is 1. The van der Waals surface area contributed by atoms with E-state index in [1.807, 2.05) is 17.6 Å². The van der Waals surface area contributed by atoms with Crippen molar-refractivity contribution in [2.24, 2.45) is 0 Å². The molecule has 0 bridgehead atoms. The van der Waals surface area contributed by atoms with Gasteiger partial charge in [-0.15, -0.1) is 5.10 Å². The van der Waals surface area contributed by atoms with E-state index in [2.05, 4.69) is 25.3 Å². The molecule has 0 aliphatic heterocycles. The van der Waals surface area contributed by atoms with Crippen LogP contribution in [0.15, 0.2) is 49.1 Å². The molecule has 12 heteroatoms. The van der Waals surface area contributed by atoms with E-state index in [9.17, 15) is 18.4 Å². The number of carbonyl (C=O) groups is 2. The molecule has 0 aromatic carbocycles. The van der Waals surface area contributed by atoms with Gasteiger partial charge >= 0.3 is 12.3 Å². The van der Waals surface area contributed by atoms with Crippen LogP contribution in [0.3, 0.4) is 0 Å². The lowest BCUT2D eigenvalue weighted by Crippen LogP contribution is -2.44. The predicted octanol–water partition coefficient (Wildman–Crippen LogP) is 1.29. The first-order chi connectivity index (χ1) is 14.5. The van der Waals surface area contributed by atoms with Crippen LogP contribution in [0.1, 0.15) is 16.1 Å². The highest BCUT2D eigenvalue weighted by atomic mass is 19.3. The van der Waals surface area contributed by atoms with Gasteiger partial charge < -0.3 is 4.98 Å². The smallest absolute Gasteiger partial charge is 0.317 e. The zero-order valence-electron chi connectivity index (χ0n) is 15.2. The Balaban J connectivity index is 1.40. The molecule has 30 heavy (non-hydrogen) atoms. The number of pyridine rings is 2. The van der Waals surface area contributed by atoms with Crippen molar-refractivity contribution < 1.29 is 18.4 Å². The van der Waals surface area contributed by atoms with Gasteiger partial charge in [0.1, 0.15) is 11.3 Å². The Bertz CT molecular complexity index is 1200. The third kappa shape index (κ3) is 4.11. The van der Waals surface area contributed by atoms with Gasteiger partial charge in [-0.1, -0.05) is 5.21 Å². The Labute approximate surface area is 167 Å². The summed E-state index contributed by atoms with van der Waals surface area (Å²) in [5, 5.41) is 9.18. The van der Waals surface area contributed by atoms with Crippen LogP contribution in [0.5, 0.6) is 0 Å². The molecule has 0 saturated heterocycles. The normalized spacial score (nSPS) is 11.0. The maximum Gasteiger partial charge on any atom is 0.317 e. The fourth-order valence-corrected chi connectivity index (χ4v) is 2.65. The van der Waals surface area contributed by atoms with E-state index in [1.54, 1.807) is 34.8 Å². The number of nitrogens with zero attached hydrogens (tertiary/aromatic N) is 5. The third-order valence-corrected chi connectivity index (χ3v) is 4.14. The zero-order chi connectivity index (χ0) is 21.1. The molecule has 0 atom stereocenters. The third-order valence-electron chi connectivity index (χ3n) is 4.14. The van der Waals surface area contributed by atoms with E-state index in [0.29, 0.717) is 17.9 Å². The number of hydrazine groups is 1. The molecule has 0 spiro atoms. The SMILES string of the molecule is O=C(NNC(=O)C(F)F)c1ccc(Cn2cc(-c3cnc4[nH]ccc4c3)nn2)nc1. The van der Waals surface area contributed by atoms with Gasteiger partial charge in [0.05, 0.1) is 24.0 Å². The molecule has 0 aliphatic carbocycles. The number of alkyl halides is 2. The molecular formula is C18H14F2N8O2. The minimum Gasteiger partial charge on any atom is -0.346 e. The number of H-pyrrole nitrogens is 1. The highest BCUT2D eigenvalue weighted by Crippen LogP contribution is 2.20. The summed E-state index contributed by atoms with van der Waals surface area (Å²) in [5.41, 5.74) is 6.45. The number of aromatic nitrogens is 6. The largest absolute Gasteiger partial charge is 0.346 e. The molecule has 4 heterocycles. The van der Waals surface area contributed by atoms with Crippen molar-refractivity contribution in [3.63, 3.8) is 0 Å². The lowest BCUT2D eigenvalue weighted by molar-refractivity contribution is -0.132. The van der Waals surface area contributed by atoms with Gasteiger partial charge in [-0.25, -0.2) is 9.67 Å². The van der Waals surface area contributed by atoms with Crippen molar-refractivity contribution in [2.45, 2.75) is 13.0 Å². The lowest BCUT2D eigenvalue weighted by atomic mass is 10.2. The highest BCUT2D eigenvalue weighted by Gasteiger charge is 2.16. The average Bonchev–Trinajstić information content (AvgIpc) is 3.41. The molecule has 4 rings (SSSR count). The summed E-state index contributed by atoms with van der Waals surface area (Å²) in [6, 6.07) is 6.90. The fraction of sp³-hybridized carbons (Fsp3) is 0.111. The summed E-state index contributed by atoms with van der Waals surface area (Å²) in [6.07, 6.45) is 3.30. The quantitative estimate of drug-likeness (QED) is 0.424. The second-order valence-electron chi connectivity index (χ2n) is 6.22. The first-order valence-corrected chi connectivity index (χ1v) is 8.66. The predicted molar refractivity (Wildman–Crippen MR) is 100 cm³/mol. The molecule has 0 unspecified atom stereocenters. The second-order valence-corrected chi connectivity index (χ2v) is 6.22. The van der Waals surface area contributed by atoms with Gasteiger partial charge in [-0.3, -0.25) is 25.4 Å². The summed E-state index contributed by atoms with van der Waals surface area (Å²) >= 11 is 0. The maximum absolute atomic E-state index is 12.1. The number of amides is 2. The van der Waals surface area contributed by atoms with Gasteiger partial charge in [0.2, 0.25) is 0 Å². The van der Waals surface area contributed by atoms with Gasteiger partial charge in [0.25, 0.3) is 5.91 Å². The lowest BCUT2D eigenvalue weighted by Gasteiger charge is -2.07. The van der Waals surface area contributed by atoms with Crippen LogP contribution in [-0.2, 0) is 11.3 Å². The van der Waals surface area contributed by atoms with Gasteiger partial charge in [-0.2, -0.15) is 8.78 Å². The van der Waals surface area contributed by atoms with Crippen LogP contribution >= 0.6 is 0 Å². The second kappa shape index (κ2) is 8.03.